The van der Waals surface area contributed by atoms with E-state index in [0.717, 1.165) is 6.07 Å². The molecule has 0 radical (unpaired) electrons. The molecule has 0 saturated heterocycles. The van der Waals surface area contributed by atoms with Gasteiger partial charge >= 0.3 is 0 Å². The minimum atomic E-state index is -0.511. The van der Waals surface area contributed by atoms with Crippen LogP contribution in [0.25, 0.3) is 0 Å². The molecule has 0 aliphatic rings. The molecule has 0 aromatic heterocycles. The molecular weight excluding hydrogens is 185 g/mol. The summed E-state index contributed by atoms with van der Waals surface area (Å²) in [6, 6.07) is 1.73. The van der Waals surface area contributed by atoms with Gasteiger partial charge in [-0.05, 0) is 19.0 Å². The molecule has 0 heterocycles. The number of nitrogens with two attached hydrogens (primary N) is 3. The van der Waals surface area contributed by atoms with Crippen LogP contribution in [0.4, 0.5) is 10.1 Å². The first-order valence-electron chi connectivity index (χ1n) is 4.29. The van der Waals surface area contributed by atoms with Crippen molar-refractivity contribution < 1.29 is 9.50 Å². The second-order valence-corrected chi connectivity index (χ2v) is 3.12. The minimum Gasteiger partial charge on any atom is -0.505 e. The van der Waals surface area contributed by atoms with Gasteiger partial charge in [-0.25, -0.2) is 4.39 Å². The smallest absolute Gasteiger partial charge is 0.143 e. The van der Waals surface area contributed by atoms with Crippen LogP contribution in [0.3, 0.4) is 0 Å². The van der Waals surface area contributed by atoms with Crippen molar-refractivity contribution in [1.82, 2.24) is 0 Å². The lowest BCUT2D eigenvalue weighted by molar-refractivity contribution is 0.459. The molecule has 1 rings (SSSR count). The molecule has 0 saturated carbocycles. The number of halogens is 1. The monoisotopic (exact) mass is 199 g/mol. The number of benzene rings is 1. The van der Waals surface area contributed by atoms with Crippen LogP contribution in [-0.4, -0.2) is 11.7 Å². The molecule has 0 aliphatic heterocycles. The van der Waals surface area contributed by atoms with Crippen LogP contribution >= 0.6 is 0 Å². The molecule has 4 nitrogen and oxygen atoms in total. The maximum Gasteiger partial charge on any atom is 0.143 e. The fraction of sp³-hybridized carbons (Fsp3) is 0.333. The van der Waals surface area contributed by atoms with Crippen molar-refractivity contribution in [3.05, 3.63) is 23.5 Å². The van der Waals surface area contributed by atoms with E-state index in [-0.39, 0.29) is 11.4 Å². The van der Waals surface area contributed by atoms with Gasteiger partial charge in [-0.3, -0.25) is 0 Å². The highest BCUT2D eigenvalue weighted by molar-refractivity contribution is 5.57. The molecule has 0 spiro atoms. The van der Waals surface area contributed by atoms with Crippen LogP contribution in [0.15, 0.2) is 12.1 Å². The first-order chi connectivity index (χ1) is 6.56. The summed E-state index contributed by atoms with van der Waals surface area (Å²) >= 11 is 0. The first-order valence-corrected chi connectivity index (χ1v) is 4.29. The fourth-order valence-electron chi connectivity index (χ4n) is 1.26. The number of rotatable bonds is 3. The van der Waals surface area contributed by atoms with Gasteiger partial charge in [0.1, 0.15) is 11.6 Å². The average molecular weight is 199 g/mol. The van der Waals surface area contributed by atoms with E-state index in [9.17, 15) is 9.50 Å². The van der Waals surface area contributed by atoms with Gasteiger partial charge in [-0.15, -0.1) is 0 Å². The lowest BCUT2D eigenvalue weighted by Crippen LogP contribution is -2.16. The van der Waals surface area contributed by atoms with E-state index in [4.69, 9.17) is 17.2 Å². The molecule has 1 atom stereocenters. The highest BCUT2D eigenvalue weighted by Crippen LogP contribution is 2.31. The van der Waals surface area contributed by atoms with Crippen LogP contribution in [0, 0.1) is 5.82 Å². The van der Waals surface area contributed by atoms with Crippen molar-refractivity contribution in [2.24, 2.45) is 11.5 Å². The molecule has 1 unspecified atom stereocenters. The molecule has 0 bridgehead atoms. The van der Waals surface area contributed by atoms with E-state index in [2.05, 4.69) is 0 Å². The van der Waals surface area contributed by atoms with Gasteiger partial charge in [0.05, 0.1) is 5.69 Å². The zero-order valence-corrected chi connectivity index (χ0v) is 7.70. The van der Waals surface area contributed by atoms with E-state index < -0.39 is 11.9 Å². The second kappa shape index (κ2) is 4.26. The molecule has 78 valence electrons. The number of phenolic OH excluding ortho intramolecular Hbond substituents is 1. The summed E-state index contributed by atoms with van der Waals surface area (Å²) < 4.78 is 12.9. The third kappa shape index (κ3) is 2.12. The standard InChI is InChI=1S/C9H14FN3O/c10-5-3-6(7(12)1-2-11)9(14)8(13)4-5/h3-4,7,14H,1-2,11-13H2. The third-order valence-electron chi connectivity index (χ3n) is 2.01. The number of hydrogen-bond donors (Lipinski definition) is 4. The third-order valence-corrected chi connectivity index (χ3v) is 2.01. The predicted molar refractivity (Wildman–Crippen MR) is 53.1 cm³/mol. The largest absolute Gasteiger partial charge is 0.505 e. The predicted octanol–water partition coefficient (Wildman–Crippen LogP) is 0.462. The molecule has 0 aliphatic carbocycles. The van der Waals surface area contributed by atoms with E-state index in [0.29, 0.717) is 18.5 Å². The Labute approximate surface area is 81.5 Å². The fourth-order valence-corrected chi connectivity index (χ4v) is 1.26. The Balaban J connectivity index is 3.07. The van der Waals surface area contributed by atoms with Crippen molar-refractivity contribution in [2.45, 2.75) is 12.5 Å². The molecule has 5 heteroatoms. The van der Waals surface area contributed by atoms with Crippen LogP contribution in [0.1, 0.15) is 18.0 Å². The summed E-state index contributed by atoms with van der Waals surface area (Å²) in [7, 11) is 0. The van der Waals surface area contributed by atoms with Crippen molar-refractivity contribution >= 4 is 5.69 Å². The van der Waals surface area contributed by atoms with Crippen LogP contribution in [0.5, 0.6) is 5.75 Å². The van der Waals surface area contributed by atoms with Crippen molar-refractivity contribution in [3.8, 4) is 5.75 Å². The Morgan fingerprint density at radius 1 is 1.43 bits per heavy atom. The Morgan fingerprint density at radius 2 is 2.07 bits per heavy atom. The average Bonchev–Trinajstić information content (AvgIpc) is 2.11. The first kappa shape index (κ1) is 10.7. The lowest BCUT2D eigenvalue weighted by Gasteiger charge is -2.13. The van der Waals surface area contributed by atoms with Gasteiger partial charge in [0.25, 0.3) is 0 Å². The van der Waals surface area contributed by atoms with Gasteiger partial charge < -0.3 is 22.3 Å². The maximum absolute atomic E-state index is 12.9. The molecular formula is C9H14FN3O. The van der Waals surface area contributed by atoms with Gasteiger partial charge in [0.2, 0.25) is 0 Å². The van der Waals surface area contributed by atoms with Crippen molar-refractivity contribution in [1.29, 1.82) is 0 Å². The van der Waals surface area contributed by atoms with E-state index in [1.165, 1.54) is 6.07 Å². The zero-order valence-electron chi connectivity index (χ0n) is 7.70. The van der Waals surface area contributed by atoms with E-state index in [1.807, 2.05) is 0 Å². The normalized spacial score (nSPS) is 12.8. The Kier molecular flexibility index (Phi) is 3.27. The summed E-state index contributed by atoms with van der Waals surface area (Å²) in [6.45, 7) is 0.372. The summed E-state index contributed by atoms with van der Waals surface area (Å²) in [5, 5.41) is 9.51. The highest BCUT2D eigenvalue weighted by Gasteiger charge is 2.13. The van der Waals surface area contributed by atoms with Gasteiger partial charge in [0, 0.05) is 17.7 Å². The topological polar surface area (TPSA) is 98.3 Å². The lowest BCUT2D eigenvalue weighted by atomic mass is 10.0. The molecule has 7 N–H and O–H groups in total. The minimum absolute atomic E-state index is 0.00697. The summed E-state index contributed by atoms with van der Waals surface area (Å²) in [5.41, 5.74) is 16.7. The highest BCUT2D eigenvalue weighted by atomic mass is 19.1. The second-order valence-electron chi connectivity index (χ2n) is 3.12. The molecule has 1 aromatic rings. The van der Waals surface area contributed by atoms with E-state index in [1.54, 1.807) is 0 Å². The summed E-state index contributed by atoms with van der Waals surface area (Å²) in [4.78, 5) is 0. The quantitative estimate of drug-likeness (QED) is 0.420. The van der Waals surface area contributed by atoms with E-state index >= 15 is 0 Å². The number of aromatic hydroxyl groups is 1. The zero-order chi connectivity index (χ0) is 10.7. The van der Waals surface area contributed by atoms with Crippen molar-refractivity contribution in [2.75, 3.05) is 12.3 Å². The van der Waals surface area contributed by atoms with Gasteiger partial charge in [-0.1, -0.05) is 0 Å². The Morgan fingerprint density at radius 3 is 2.64 bits per heavy atom. The summed E-state index contributed by atoms with van der Waals surface area (Å²) in [6.07, 6.45) is 0.469. The Hall–Kier alpha value is -1.33. The van der Waals surface area contributed by atoms with Crippen LogP contribution < -0.4 is 17.2 Å². The molecule has 14 heavy (non-hydrogen) atoms. The van der Waals surface area contributed by atoms with Crippen molar-refractivity contribution in [3.63, 3.8) is 0 Å². The molecule has 0 amide bonds. The summed E-state index contributed by atoms with van der Waals surface area (Å²) in [5.74, 6) is -0.671. The number of phenols is 1. The molecule has 1 aromatic carbocycles. The van der Waals surface area contributed by atoms with Gasteiger partial charge in [-0.2, -0.15) is 0 Å². The van der Waals surface area contributed by atoms with Crippen LogP contribution in [-0.2, 0) is 0 Å². The van der Waals surface area contributed by atoms with Gasteiger partial charge in [0.15, 0.2) is 0 Å². The van der Waals surface area contributed by atoms with Crippen LogP contribution in [0.2, 0.25) is 0 Å². The number of nitrogen functional groups attached to an aromatic ring is 1. The Bertz CT molecular complexity index is 330. The number of anilines is 1. The number of hydrogen-bond acceptors (Lipinski definition) is 4. The maximum atomic E-state index is 12.9. The SMILES string of the molecule is NCCC(N)c1cc(F)cc(N)c1O. The molecule has 0 fully saturated rings.